The molecule has 0 saturated heterocycles. The maximum Gasteiger partial charge on any atom is 0.146 e. The van der Waals surface area contributed by atoms with Gasteiger partial charge in [-0.15, -0.1) is 0 Å². The first-order chi connectivity index (χ1) is 7.22. The van der Waals surface area contributed by atoms with Gasteiger partial charge >= 0.3 is 0 Å². The van der Waals surface area contributed by atoms with Crippen LogP contribution >= 0.6 is 0 Å². The van der Waals surface area contributed by atoms with E-state index in [2.05, 4.69) is 24.2 Å². The quantitative estimate of drug-likeness (QED) is 0.810. The van der Waals surface area contributed by atoms with Crippen LogP contribution in [0.3, 0.4) is 0 Å². The predicted molar refractivity (Wildman–Crippen MR) is 62.1 cm³/mol. The monoisotopic (exact) mass is 201 g/mol. The van der Waals surface area contributed by atoms with Gasteiger partial charge in [0, 0.05) is 11.8 Å². The van der Waals surface area contributed by atoms with Crippen molar-refractivity contribution >= 4 is 5.82 Å². The lowest BCUT2D eigenvalue weighted by atomic mass is 10.1. The summed E-state index contributed by atoms with van der Waals surface area (Å²) in [7, 11) is 0. The molecule has 3 nitrogen and oxygen atoms in total. The zero-order valence-corrected chi connectivity index (χ0v) is 9.07. The second-order valence-corrected chi connectivity index (χ2v) is 3.60. The average molecular weight is 201 g/mol. The third kappa shape index (κ3) is 1.73. The van der Waals surface area contributed by atoms with Crippen LogP contribution in [0.2, 0.25) is 0 Å². The van der Waals surface area contributed by atoms with Crippen LogP contribution in [0.5, 0.6) is 0 Å². The molecular weight excluding hydrogens is 186 g/mol. The summed E-state index contributed by atoms with van der Waals surface area (Å²) >= 11 is 0. The number of nitrogens with zero attached hydrogens (tertiary/aromatic N) is 2. The second-order valence-electron chi connectivity index (χ2n) is 3.60. The van der Waals surface area contributed by atoms with E-state index in [1.54, 1.807) is 0 Å². The average Bonchev–Trinajstić information content (AvgIpc) is 2.57. The van der Waals surface area contributed by atoms with Gasteiger partial charge in [-0.3, -0.25) is 0 Å². The molecule has 0 atom stereocenters. The third-order valence-corrected chi connectivity index (χ3v) is 2.51. The topological polar surface area (TPSA) is 43.8 Å². The Labute approximate surface area is 89.5 Å². The minimum Gasteiger partial charge on any atom is -0.382 e. The van der Waals surface area contributed by atoms with E-state index < -0.39 is 0 Å². The first-order valence-electron chi connectivity index (χ1n) is 5.12. The van der Waals surface area contributed by atoms with Gasteiger partial charge in [-0.05, 0) is 25.0 Å². The predicted octanol–water partition coefficient (Wildman–Crippen LogP) is 2.33. The fourth-order valence-electron chi connectivity index (χ4n) is 1.76. The van der Waals surface area contributed by atoms with Crippen LogP contribution in [0.25, 0.3) is 5.69 Å². The summed E-state index contributed by atoms with van der Waals surface area (Å²) in [6, 6.07) is 10.1. The SMILES string of the molecule is CCc1ccccc1-n1nc(N)cc1C. The summed E-state index contributed by atoms with van der Waals surface area (Å²) in [5.41, 5.74) is 9.14. The zero-order valence-electron chi connectivity index (χ0n) is 9.07. The first-order valence-corrected chi connectivity index (χ1v) is 5.12. The molecule has 0 amide bonds. The summed E-state index contributed by atoms with van der Waals surface area (Å²) in [5.74, 6) is 0.568. The molecule has 0 aliphatic carbocycles. The van der Waals surface area contributed by atoms with Gasteiger partial charge in [0.05, 0.1) is 5.69 Å². The van der Waals surface area contributed by atoms with Gasteiger partial charge in [0.15, 0.2) is 0 Å². The number of rotatable bonds is 2. The van der Waals surface area contributed by atoms with Crippen LogP contribution < -0.4 is 5.73 Å². The summed E-state index contributed by atoms with van der Waals surface area (Å²) < 4.78 is 1.90. The van der Waals surface area contributed by atoms with E-state index in [9.17, 15) is 0 Å². The molecule has 0 saturated carbocycles. The van der Waals surface area contributed by atoms with Gasteiger partial charge in [-0.25, -0.2) is 4.68 Å². The number of nitrogen functional groups attached to an aromatic ring is 1. The fraction of sp³-hybridized carbons (Fsp3) is 0.250. The van der Waals surface area contributed by atoms with E-state index in [4.69, 9.17) is 5.73 Å². The highest BCUT2D eigenvalue weighted by Crippen LogP contribution is 2.17. The normalized spacial score (nSPS) is 10.5. The van der Waals surface area contributed by atoms with Crippen molar-refractivity contribution in [2.24, 2.45) is 0 Å². The lowest BCUT2D eigenvalue weighted by Gasteiger charge is -2.08. The highest BCUT2D eigenvalue weighted by molar-refractivity contribution is 5.44. The Morgan fingerprint density at radius 1 is 1.33 bits per heavy atom. The molecule has 0 spiro atoms. The molecule has 0 aliphatic rings. The van der Waals surface area contributed by atoms with Crippen molar-refractivity contribution in [2.45, 2.75) is 20.3 Å². The number of anilines is 1. The van der Waals surface area contributed by atoms with E-state index >= 15 is 0 Å². The summed E-state index contributed by atoms with van der Waals surface area (Å²) in [6.07, 6.45) is 0.995. The molecule has 0 radical (unpaired) electrons. The summed E-state index contributed by atoms with van der Waals surface area (Å²) in [6.45, 7) is 4.15. The standard InChI is InChI=1S/C12H15N3/c1-3-10-6-4-5-7-11(10)15-9(2)8-12(13)14-15/h4-8H,3H2,1-2H3,(H2,13,14). The molecule has 0 unspecified atom stereocenters. The molecular formula is C12H15N3. The van der Waals surface area contributed by atoms with Crippen molar-refractivity contribution in [2.75, 3.05) is 5.73 Å². The lowest BCUT2D eigenvalue weighted by Crippen LogP contribution is -2.02. The number of para-hydroxylation sites is 1. The van der Waals surface area contributed by atoms with Crippen molar-refractivity contribution in [1.82, 2.24) is 9.78 Å². The number of nitrogens with two attached hydrogens (primary N) is 1. The van der Waals surface area contributed by atoms with Crippen molar-refractivity contribution in [3.05, 3.63) is 41.6 Å². The lowest BCUT2D eigenvalue weighted by molar-refractivity contribution is 0.836. The minimum atomic E-state index is 0.568. The molecule has 1 aromatic heterocycles. The minimum absolute atomic E-state index is 0.568. The molecule has 2 N–H and O–H groups in total. The van der Waals surface area contributed by atoms with E-state index in [1.165, 1.54) is 5.56 Å². The van der Waals surface area contributed by atoms with Crippen molar-refractivity contribution < 1.29 is 0 Å². The van der Waals surface area contributed by atoms with E-state index in [1.807, 2.05) is 29.8 Å². The molecule has 0 aliphatic heterocycles. The van der Waals surface area contributed by atoms with Crippen molar-refractivity contribution in [1.29, 1.82) is 0 Å². The molecule has 1 heterocycles. The highest BCUT2D eigenvalue weighted by Gasteiger charge is 2.06. The Hall–Kier alpha value is -1.77. The first kappa shape index (κ1) is 9.77. The van der Waals surface area contributed by atoms with Gasteiger partial charge in [0.25, 0.3) is 0 Å². The number of aromatic nitrogens is 2. The van der Waals surface area contributed by atoms with E-state index in [-0.39, 0.29) is 0 Å². The molecule has 2 aromatic rings. The number of hydrogen-bond donors (Lipinski definition) is 1. The van der Waals surface area contributed by atoms with Gasteiger partial charge in [-0.1, -0.05) is 25.1 Å². The van der Waals surface area contributed by atoms with Gasteiger partial charge < -0.3 is 5.73 Å². The Morgan fingerprint density at radius 3 is 2.67 bits per heavy atom. The molecule has 78 valence electrons. The smallest absolute Gasteiger partial charge is 0.146 e. The molecule has 15 heavy (non-hydrogen) atoms. The van der Waals surface area contributed by atoms with Crippen LogP contribution in [0.4, 0.5) is 5.82 Å². The zero-order chi connectivity index (χ0) is 10.8. The van der Waals surface area contributed by atoms with Crippen LogP contribution in [0.15, 0.2) is 30.3 Å². The fourth-order valence-corrected chi connectivity index (χ4v) is 1.76. The van der Waals surface area contributed by atoms with Crippen LogP contribution in [-0.2, 0) is 6.42 Å². The number of hydrogen-bond acceptors (Lipinski definition) is 2. The van der Waals surface area contributed by atoms with Gasteiger partial charge in [0.1, 0.15) is 5.82 Å². The highest BCUT2D eigenvalue weighted by atomic mass is 15.3. The molecule has 0 bridgehead atoms. The summed E-state index contributed by atoms with van der Waals surface area (Å²) in [5, 5.41) is 4.28. The molecule has 3 heteroatoms. The maximum absolute atomic E-state index is 5.68. The molecule has 0 fully saturated rings. The number of aryl methyl sites for hydroxylation is 2. The Morgan fingerprint density at radius 2 is 2.07 bits per heavy atom. The Bertz CT molecular complexity index is 471. The third-order valence-electron chi connectivity index (χ3n) is 2.51. The van der Waals surface area contributed by atoms with Crippen LogP contribution in [0.1, 0.15) is 18.2 Å². The largest absolute Gasteiger partial charge is 0.382 e. The van der Waals surface area contributed by atoms with E-state index in [0.717, 1.165) is 17.8 Å². The van der Waals surface area contributed by atoms with Crippen molar-refractivity contribution in [3.8, 4) is 5.69 Å². The Kier molecular flexibility index (Phi) is 2.46. The van der Waals surface area contributed by atoms with Crippen molar-refractivity contribution in [3.63, 3.8) is 0 Å². The second kappa shape index (κ2) is 3.77. The summed E-state index contributed by atoms with van der Waals surface area (Å²) in [4.78, 5) is 0. The van der Waals surface area contributed by atoms with Crippen LogP contribution in [-0.4, -0.2) is 9.78 Å². The van der Waals surface area contributed by atoms with Gasteiger partial charge in [-0.2, -0.15) is 5.10 Å². The Balaban J connectivity index is 2.58. The molecule has 1 aromatic carbocycles. The molecule has 2 rings (SSSR count). The van der Waals surface area contributed by atoms with Gasteiger partial charge in [0.2, 0.25) is 0 Å². The maximum atomic E-state index is 5.68. The van der Waals surface area contributed by atoms with Crippen LogP contribution in [0, 0.1) is 6.92 Å². The van der Waals surface area contributed by atoms with E-state index in [0.29, 0.717) is 5.82 Å². The number of benzene rings is 1.